The Morgan fingerprint density at radius 2 is 2.00 bits per heavy atom. The highest BCUT2D eigenvalue weighted by atomic mass is 32.2. The number of amides is 1. The Kier molecular flexibility index (Phi) is 5.07. The van der Waals surface area contributed by atoms with Gasteiger partial charge in [-0.15, -0.1) is 11.3 Å². The number of rotatable bonds is 5. The highest BCUT2D eigenvalue weighted by Crippen LogP contribution is 2.29. The average Bonchev–Trinajstić information content (AvgIpc) is 3.16. The van der Waals surface area contributed by atoms with E-state index in [-0.39, 0.29) is 17.9 Å². The molecule has 0 spiro atoms. The zero-order valence-corrected chi connectivity index (χ0v) is 15.4. The van der Waals surface area contributed by atoms with Gasteiger partial charge in [0.2, 0.25) is 15.9 Å². The predicted molar refractivity (Wildman–Crippen MR) is 100.0 cm³/mol. The standard InChI is InChI=1S/C16H20N4O3S2/c1-25(22,23)20-13-6-3-10(4-7-13)14-9-24-16(18-14)19-15(21)11-2-5-12(17)8-11/h3-4,6-7,9,11-12,20H,2,5,8,17H2,1H3,(H,18,19,21). The van der Waals surface area contributed by atoms with Crippen LogP contribution in [0.2, 0.25) is 0 Å². The highest BCUT2D eigenvalue weighted by Gasteiger charge is 2.28. The Labute approximate surface area is 150 Å². The summed E-state index contributed by atoms with van der Waals surface area (Å²) >= 11 is 1.36. The number of benzene rings is 1. The molecule has 25 heavy (non-hydrogen) atoms. The molecule has 1 heterocycles. The molecule has 1 amide bonds. The van der Waals surface area contributed by atoms with Crippen molar-refractivity contribution in [2.75, 3.05) is 16.3 Å². The Balaban J connectivity index is 1.66. The first-order valence-electron chi connectivity index (χ1n) is 7.90. The average molecular weight is 380 g/mol. The third-order valence-corrected chi connectivity index (χ3v) is 5.43. The van der Waals surface area contributed by atoms with Gasteiger partial charge in [0.1, 0.15) is 0 Å². The van der Waals surface area contributed by atoms with Crippen molar-refractivity contribution in [3.8, 4) is 11.3 Å². The molecule has 2 aromatic rings. The monoisotopic (exact) mass is 380 g/mol. The van der Waals surface area contributed by atoms with E-state index in [0.717, 1.165) is 36.8 Å². The fourth-order valence-electron chi connectivity index (χ4n) is 2.85. The molecule has 134 valence electrons. The van der Waals surface area contributed by atoms with Crippen molar-refractivity contribution in [3.63, 3.8) is 0 Å². The normalized spacial score (nSPS) is 20.4. The fraction of sp³-hybridized carbons (Fsp3) is 0.375. The predicted octanol–water partition coefficient (Wildman–Crippen LogP) is 2.25. The minimum atomic E-state index is -3.30. The van der Waals surface area contributed by atoms with Crippen molar-refractivity contribution in [1.29, 1.82) is 0 Å². The van der Waals surface area contributed by atoms with Gasteiger partial charge < -0.3 is 11.1 Å². The van der Waals surface area contributed by atoms with Crippen LogP contribution >= 0.6 is 11.3 Å². The zero-order valence-electron chi connectivity index (χ0n) is 13.7. The van der Waals surface area contributed by atoms with Crippen LogP contribution in [0.15, 0.2) is 29.6 Å². The Morgan fingerprint density at radius 3 is 2.60 bits per heavy atom. The summed E-state index contributed by atoms with van der Waals surface area (Å²) in [6.45, 7) is 0. The summed E-state index contributed by atoms with van der Waals surface area (Å²) in [4.78, 5) is 16.7. The van der Waals surface area contributed by atoms with E-state index in [4.69, 9.17) is 5.73 Å². The van der Waals surface area contributed by atoms with Crippen molar-refractivity contribution in [3.05, 3.63) is 29.6 Å². The molecular weight excluding hydrogens is 360 g/mol. The molecule has 1 aromatic carbocycles. The first kappa shape index (κ1) is 17.8. The summed E-state index contributed by atoms with van der Waals surface area (Å²) in [5.41, 5.74) is 7.92. The van der Waals surface area contributed by atoms with Gasteiger partial charge in [0, 0.05) is 28.6 Å². The molecule has 9 heteroatoms. The Bertz CT molecular complexity index is 862. The van der Waals surface area contributed by atoms with Gasteiger partial charge in [-0.1, -0.05) is 12.1 Å². The van der Waals surface area contributed by atoms with Crippen molar-refractivity contribution in [1.82, 2.24) is 4.98 Å². The molecule has 0 bridgehead atoms. The fourth-order valence-corrected chi connectivity index (χ4v) is 4.14. The van der Waals surface area contributed by atoms with E-state index in [0.29, 0.717) is 10.8 Å². The molecule has 0 aliphatic heterocycles. The third kappa shape index (κ3) is 4.77. The van der Waals surface area contributed by atoms with E-state index in [1.165, 1.54) is 11.3 Å². The highest BCUT2D eigenvalue weighted by molar-refractivity contribution is 7.92. The van der Waals surface area contributed by atoms with Crippen LogP contribution in [0.1, 0.15) is 19.3 Å². The van der Waals surface area contributed by atoms with E-state index >= 15 is 0 Å². The molecular formula is C16H20N4O3S2. The lowest BCUT2D eigenvalue weighted by Crippen LogP contribution is -2.23. The number of sulfonamides is 1. The van der Waals surface area contributed by atoms with Gasteiger partial charge >= 0.3 is 0 Å². The number of carbonyl (C=O) groups is 1. The van der Waals surface area contributed by atoms with E-state index in [9.17, 15) is 13.2 Å². The van der Waals surface area contributed by atoms with Gasteiger partial charge in [-0.25, -0.2) is 13.4 Å². The molecule has 1 saturated carbocycles. The molecule has 3 rings (SSSR count). The molecule has 4 N–H and O–H groups in total. The SMILES string of the molecule is CS(=O)(=O)Nc1ccc(-c2csc(NC(=O)C3CCC(N)C3)n2)cc1. The summed E-state index contributed by atoms with van der Waals surface area (Å²) in [7, 11) is -3.30. The van der Waals surface area contributed by atoms with Crippen LogP contribution in [0, 0.1) is 5.92 Å². The van der Waals surface area contributed by atoms with E-state index in [1.54, 1.807) is 24.3 Å². The molecule has 0 radical (unpaired) electrons. The molecule has 1 aromatic heterocycles. The van der Waals surface area contributed by atoms with Gasteiger partial charge in [0.15, 0.2) is 5.13 Å². The van der Waals surface area contributed by atoms with Crippen molar-refractivity contribution >= 4 is 38.1 Å². The lowest BCUT2D eigenvalue weighted by Gasteiger charge is -2.08. The first-order valence-corrected chi connectivity index (χ1v) is 10.7. The number of nitrogens with two attached hydrogens (primary N) is 1. The second-order valence-electron chi connectivity index (χ2n) is 6.25. The summed E-state index contributed by atoms with van der Waals surface area (Å²) in [5, 5.41) is 5.27. The van der Waals surface area contributed by atoms with Crippen molar-refractivity contribution < 1.29 is 13.2 Å². The van der Waals surface area contributed by atoms with Crippen LogP contribution in [0.5, 0.6) is 0 Å². The van der Waals surface area contributed by atoms with E-state index < -0.39 is 10.0 Å². The molecule has 0 saturated heterocycles. The molecule has 2 unspecified atom stereocenters. The quantitative estimate of drug-likeness (QED) is 0.736. The lowest BCUT2D eigenvalue weighted by atomic mass is 10.1. The maximum absolute atomic E-state index is 12.2. The summed E-state index contributed by atoms with van der Waals surface area (Å²) < 4.78 is 24.9. The van der Waals surface area contributed by atoms with Crippen molar-refractivity contribution in [2.24, 2.45) is 11.7 Å². The van der Waals surface area contributed by atoms with E-state index in [1.807, 2.05) is 5.38 Å². The molecule has 1 aliphatic carbocycles. The lowest BCUT2D eigenvalue weighted by molar-refractivity contribution is -0.119. The van der Waals surface area contributed by atoms with E-state index in [2.05, 4.69) is 15.0 Å². The van der Waals surface area contributed by atoms with Gasteiger partial charge in [0.05, 0.1) is 11.9 Å². The van der Waals surface area contributed by atoms with Crippen molar-refractivity contribution in [2.45, 2.75) is 25.3 Å². The number of aromatic nitrogens is 1. The second kappa shape index (κ2) is 7.11. The maximum atomic E-state index is 12.2. The first-order chi connectivity index (χ1) is 11.8. The Morgan fingerprint density at radius 1 is 1.28 bits per heavy atom. The van der Waals surface area contributed by atoms with Gasteiger partial charge in [0.25, 0.3) is 0 Å². The number of hydrogen-bond donors (Lipinski definition) is 3. The third-order valence-electron chi connectivity index (χ3n) is 4.06. The number of nitrogens with zero attached hydrogens (tertiary/aromatic N) is 1. The number of nitrogens with one attached hydrogen (secondary N) is 2. The van der Waals surface area contributed by atoms with Crippen LogP contribution in [0.4, 0.5) is 10.8 Å². The number of hydrogen-bond acceptors (Lipinski definition) is 6. The topological polar surface area (TPSA) is 114 Å². The van der Waals surface area contributed by atoms with Crippen LogP contribution in [-0.4, -0.2) is 31.6 Å². The minimum Gasteiger partial charge on any atom is -0.328 e. The number of anilines is 2. The van der Waals surface area contributed by atoms with Gasteiger partial charge in [-0.05, 0) is 31.4 Å². The number of carbonyl (C=O) groups excluding carboxylic acids is 1. The number of thiazole rings is 1. The summed E-state index contributed by atoms with van der Waals surface area (Å²) in [6.07, 6.45) is 3.53. The second-order valence-corrected chi connectivity index (χ2v) is 8.86. The molecule has 2 atom stereocenters. The van der Waals surface area contributed by atoms with Crippen LogP contribution < -0.4 is 15.8 Å². The van der Waals surface area contributed by atoms with Gasteiger partial charge in [-0.2, -0.15) is 0 Å². The smallest absolute Gasteiger partial charge is 0.229 e. The van der Waals surface area contributed by atoms with Crippen LogP contribution in [0.3, 0.4) is 0 Å². The zero-order chi connectivity index (χ0) is 18.0. The Hall–Kier alpha value is -1.97. The molecule has 1 aliphatic rings. The van der Waals surface area contributed by atoms with Crippen LogP contribution in [-0.2, 0) is 14.8 Å². The van der Waals surface area contributed by atoms with Gasteiger partial charge in [-0.3, -0.25) is 9.52 Å². The summed E-state index contributed by atoms with van der Waals surface area (Å²) in [5.74, 6) is -0.0646. The molecule has 7 nitrogen and oxygen atoms in total. The van der Waals surface area contributed by atoms with Crippen LogP contribution in [0.25, 0.3) is 11.3 Å². The largest absolute Gasteiger partial charge is 0.328 e. The summed E-state index contributed by atoms with van der Waals surface area (Å²) in [6, 6.07) is 7.03. The molecule has 1 fully saturated rings. The maximum Gasteiger partial charge on any atom is 0.229 e. The minimum absolute atomic E-state index is 0.0263.